The molecule has 0 radical (unpaired) electrons. The van der Waals surface area contributed by atoms with Gasteiger partial charge in [0.2, 0.25) is 0 Å². The van der Waals surface area contributed by atoms with Crippen molar-refractivity contribution in [2.75, 3.05) is 0 Å². The van der Waals surface area contributed by atoms with Crippen LogP contribution < -0.4 is 0 Å². The maximum Gasteiger partial charge on any atom is 0.186 e. The minimum absolute atomic E-state index is 0.639. The number of benzene rings is 2. The highest BCUT2D eigenvalue weighted by atomic mass is 15.6. The van der Waals surface area contributed by atoms with Gasteiger partial charge < -0.3 is 0 Å². The minimum Gasteiger partial charge on any atom is -0.154 e. The lowest BCUT2D eigenvalue weighted by Gasteiger charge is -2.22. The van der Waals surface area contributed by atoms with Crippen LogP contribution in [0, 0.1) is 55.4 Å². The first-order chi connectivity index (χ1) is 13.5. The second kappa shape index (κ2) is 6.12. The standard InChI is InChI=1S/C23H30N6/c1-11-12(2)16(6)20-19(15(11)5)24-28(25-20)23(9,10)29-26-21-17(7)13(3)14(4)18(8)22(21)27-29/h1-10H3. The molecule has 0 atom stereocenters. The van der Waals surface area contributed by atoms with Crippen molar-refractivity contribution in [1.29, 1.82) is 0 Å². The number of fused-ring (bicyclic) bond motifs is 2. The summed E-state index contributed by atoms with van der Waals surface area (Å²) in [6, 6.07) is 0. The van der Waals surface area contributed by atoms with Crippen LogP contribution in [0.1, 0.15) is 58.4 Å². The third kappa shape index (κ3) is 2.54. The highest BCUT2D eigenvalue weighted by Crippen LogP contribution is 2.30. The number of aromatic nitrogens is 6. The molecule has 0 unspecified atom stereocenters. The van der Waals surface area contributed by atoms with E-state index in [0.717, 1.165) is 22.1 Å². The first kappa shape index (κ1) is 19.6. The normalized spacial score (nSPS) is 12.5. The summed E-state index contributed by atoms with van der Waals surface area (Å²) in [7, 11) is 0. The van der Waals surface area contributed by atoms with Gasteiger partial charge in [0, 0.05) is 0 Å². The molecule has 0 amide bonds. The van der Waals surface area contributed by atoms with Gasteiger partial charge in [-0.3, -0.25) is 0 Å². The number of nitrogens with zero attached hydrogens (tertiary/aromatic N) is 6. The van der Waals surface area contributed by atoms with Gasteiger partial charge in [-0.1, -0.05) is 0 Å². The first-order valence-electron chi connectivity index (χ1n) is 10.1. The Kier molecular flexibility index (Phi) is 4.12. The Balaban J connectivity index is 1.96. The predicted octanol–water partition coefficient (Wildman–Crippen LogP) is 4.88. The monoisotopic (exact) mass is 390 g/mol. The molecule has 4 aromatic rings. The van der Waals surface area contributed by atoms with E-state index in [1.165, 1.54) is 44.5 Å². The van der Waals surface area contributed by atoms with Crippen molar-refractivity contribution >= 4 is 22.1 Å². The molecule has 0 aliphatic rings. The van der Waals surface area contributed by atoms with Crippen LogP contribution >= 0.6 is 0 Å². The van der Waals surface area contributed by atoms with Crippen LogP contribution in [-0.2, 0) is 5.66 Å². The van der Waals surface area contributed by atoms with Crippen LogP contribution in [0.15, 0.2) is 0 Å². The maximum absolute atomic E-state index is 4.88. The Hall–Kier alpha value is -2.76. The van der Waals surface area contributed by atoms with E-state index in [1.807, 2.05) is 0 Å². The van der Waals surface area contributed by atoms with Gasteiger partial charge in [0.15, 0.2) is 5.66 Å². The van der Waals surface area contributed by atoms with E-state index in [2.05, 4.69) is 69.2 Å². The topological polar surface area (TPSA) is 61.4 Å². The van der Waals surface area contributed by atoms with E-state index in [4.69, 9.17) is 20.4 Å². The molecule has 29 heavy (non-hydrogen) atoms. The summed E-state index contributed by atoms with van der Waals surface area (Å²) in [5.41, 5.74) is 13.0. The van der Waals surface area contributed by atoms with Gasteiger partial charge in [-0.25, -0.2) is 0 Å². The average Bonchev–Trinajstić information content (AvgIpc) is 3.33. The Morgan fingerprint density at radius 1 is 0.414 bits per heavy atom. The Morgan fingerprint density at radius 2 is 0.621 bits per heavy atom. The SMILES string of the molecule is Cc1c(C)c(C)c2nn(C(C)(C)n3nc4c(C)c(C)c(C)c(C)c4n3)nc2c1C. The van der Waals surface area contributed by atoms with Crippen LogP contribution in [0.2, 0.25) is 0 Å². The fraction of sp³-hybridized carbons (Fsp3) is 0.478. The van der Waals surface area contributed by atoms with Crippen molar-refractivity contribution < 1.29 is 0 Å². The molecule has 6 heteroatoms. The van der Waals surface area contributed by atoms with Gasteiger partial charge in [-0.2, -0.15) is 30.0 Å². The van der Waals surface area contributed by atoms with Gasteiger partial charge >= 0.3 is 0 Å². The predicted molar refractivity (Wildman–Crippen MR) is 118 cm³/mol. The fourth-order valence-electron chi connectivity index (χ4n) is 4.03. The van der Waals surface area contributed by atoms with Crippen molar-refractivity contribution in [3.63, 3.8) is 0 Å². The summed E-state index contributed by atoms with van der Waals surface area (Å²) >= 11 is 0. The molecule has 2 aromatic carbocycles. The molecule has 0 aliphatic heterocycles. The molecular weight excluding hydrogens is 360 g/mol. The summed E-state index contributed by atoms with van der Waals surface area (Å²) in [5, 5.41) is 19.5. The molecule has 0 saturated carbocycles. The lowest BCUT2D eigenvalue weighted by molar-refractivity contribution is 0.185. The zero-order valence-corrected chi connectivity index (χ0v) is 19.2. The molecule has 0 saturated heterocycles. The smallest absolute Gasteiger partial charge is 0.154 e. The van der Waals surface area contributed by atoms with Gasteiger partial charge in [0.1, 0.15) is 22.1 Å². The maximum atomic E-state index is 4.88. The van der Waals surface area contributed by atoms with Crippen LogP contribution in [0.25, 0.3) is 22.1 Å². The number of rotatable bonds is 2. The Morgan fingerprint density at radius 3 is 0.828 bits per heavy atom. The van der Waals surface area contributed by atoms with E-state index >= 15 is 0 Å². The second-order valence-corrected chi connectivity index (χ2v) is 8.87. The fourth-order valence-corrected chi connectivity index (χ4v) is 4.03. The van der Waals surface area contributed by atoms with Gasteiger partial charge in [-0.15, -0.1) is 0 Å². The molecule has 0 N–H and O–H groups in total. The van der Waals surface area contributed by atoms with E-state index < -0.39 is 5.66 Å². The van der Waals surface area contributed by atoms with Gasteiger partial charge in [0.25, 0.3) is 0 Å². The second-order valence-electron chi connectivity index (χ2n) is 8.87. The highest BCUT2D eigenvalue weighted by Gasteiger charge is 2.30. The van der Waals surface area contributed by atoms with E-state index in [1.54, 1.807) is 9.59 Å². The minimum atomic E-state index is -0.639. The quantitative estimate of drug-likeness (QED) is 0.489. The van der Waals surface area contributed by atoms with Crippen LogP contribution in [0.5, 0.6) is 0 Å². The van der Waals surface area contributed by atoms with Crippen LogP contribution in [0.4, 0.5) is 0 Å². The third-order valence-corrected chi connectivity index (χ3v) is 7.00. The lowest BCUT2D eigenvalue weighted by Crippen LogP contribution is -2.38. The molecule has 2 aromatic heterocycles. The van der Waals surface area contributed by atoms with Gasteiger partial charge in [0.05, 0.1) is 0 Å². The van der Waals surface area contributed by atoms with E-state index in [0.29, 0.717) is 0 Å². The molecule has 0 fully saturated rings. The Bertz CT molecular complexity index is 1110. The molecular formula is C23H30N6. The zero-order chi connectivity index (χ0) is 21.4. The Labute approximate surface area is 171 Å². The third-order valence-electron chi connectivity index (χ3n) is 7.00. The number of aryl methyl sites for hydroxylation is 4. The zero-order valence-electron chi connectivity index (χ0n) is 19.2. The van der Waals surface area contributed by atoms with Crippen molar-refractivity contribution in [1.82, 2.24) is 30.0 Å². The molecule has 0 aliphatic carbocycles. The van der Waals surface area contributed by atoms with Crippen molar-refractivity contribution in [2.24, 2.45) is 0 Å². The highest BCUT2D eigenvalue weighted by molar-refractivity contribution is 5.84. The van der Waals surface area contributed by atoms with E-state index in [-0.39, 0.29) is 0 Å². The average molecular weight is 391 g/mol. The first-order valence-corrected chi connectivity index (χ1v) is 10.1. The van der Waals surface area contributed by atoms with Gasteiger partial charge in [-0.05, 0) is 114 Å². The van der Waals surface area contributed by atoms with E-state index in [9.17, 15) is 0 Å². The molecule has 0 spiro atoms. The summed E-state index contributed by atoms with van der Waals surface area (Å²) in [5.74, 6) is 0. The number of hydrogen-bond acceptors (Lipinski definition) is 4. The van der Waals surface area contributed by atoms with Crippen molar-refractivity contribution in [3.05, 3.63) is 44.5 Å². The lowest BCUT2D eigenvalue weighted by atomic mass is 9.98. The molecule has 6 nitrogen and oxygen atoms in total. The van der Waals surface area contributed by atoms with Crippen molar-refractivity contribution in [3.8, 4) is 0 Å². The molecule has 4 rings (SSSR count). The molecule has 0 bridgehead atoms. The molecule has 152 valence electrons. The summed E-state index contributed by atoms with van der Waals surface area (Å²) in [6.45, 7) is 21.2. The number of hydrogen-bond donors (Lipinski definition) is 0. The van der Waals surface area contributed by atoms with Crippen LogP contribution in [0.3, 0.4) is 0 Å². The van der Waals surface area contributed by atoms with Crippen LogP contribution in [-0.4, -0.2) is 30.0 Å². The molecule has 2 heterocycles. The summed E-state index contributed by atoms with van der Waals surface area (Å²) in [6.07, 6.45) is 0. The summed E-state index contributed by atoms with van der Waals surface area (Å²) in [4.78, 5) is 3.53. The van der Waals surface area contributed by atoms with Crippen molar-refractivity contribution in [2.45, 2.75) is 74.9 Å². The summed E-state index contributed by atoms with van der Waals surface area (Å²) < 4.78 is 0. The largest absolute Gasteiger partial charge is 0.186 e.